The zero-order chi connectivity index (χ0) is 19.3. The van der Waals surface area contributed by atoms with Crippen LogP contribution >= 0.6 is 15.9 Å². The molecule has 2 aromatic carbocycles. The van der Waals surface area contributed by atoms with Gasteiger partial charge in [0.05, 0.1) is 11.4 Å². The molecule has 138 valence electrons. The molecule has 1 atom stereocenters. The quantitative estimate of drug-likeness (QED) is 0.749. The molecule has 2 heterocycles. The molecule has 2 aliphatic rings. The highest BCUT2D eigenvalue weighted by Gasteiger charge is 2.44. The molecular formula is C20H18BrFN4O. The maximum absolute atomic E-state index is 13.9. The van der Waals surface area contributed by atoms with E-state index in [0.717, 1.165) is 15.7 Å². The maximum atomic E-state index is 13.9. The van der Waals surface area contributed by atoms with Crippen molar-refractivity contribution in [2.45, 2.75) is 32.4 Å². The monoisotopic (exact) mass is 428 g/mol. The highest BCUT2D eigenvalue weighted by atomic mass is 79.9. The van der Waals surface area contributed by atoms with E-state index in [1.54, 1.807) is 6.07 Å². The second-order valence-corrected chi connectivity index (χ2v) is 8.05. The van der Waals surface area contributed by atoms with Gasteiger partial charge in [-0.15, -0.1) is 0 Å². The van der Waals surface area contributed by atoms with Crippen molar-refractivity contribution >= 4 is 39.1 Å². The van der Waals surface area contributed by atoms with Crippen molar-refractivity contribution in [1.82, 2.24) is 5.43 Å². The van der Waals surface area contributed by atoms with Gasteiger partial charge in [0.1, 0.15) is 17.4 Å². The van der Waals surface area contributed by atoms with Gasteiger partial charge in [0.25, 0.3) is 5.91 Å². The van der Waals surface area contributed by atoms with Gasteiger partial charge in [0.15, 0.2) is 5.84 Å². The number of carbonyl (C=O) groups excluding carboxylic acids is 1. The Morgan fingerprint density at radius 3 is 2.74 bits per heavy atom. The Morgan fingerprint density at radius 2 is 2.00 bits per heavy atom. The number of hydrogen-bond donors (Lipinski definition) is 1. The first-order valence-corrected chi connectivity index (χ1v) is 9.40. The Kier molecular flexibility index (Phi) is 4.14. The number of amides is 1. The molecule has 1 amide bonds. The summed E-state index contributed by atoms with van der Waals surface area (Å²) < 4.78 is 14.8. The van der Waals surface area contributed by atoms with E-state index in [2.05, 4.69) is 26.5 Å². The molecule has 0 aliphatic carbocycles. The number of anilines is 1. The normalized spacial score (nSPS) is 20.7. The predicted molar refractivity (Wildman–Crippen MR) is 108 cm³/mol. The molecule has 2 aliphatic heterocycles. The van der Waals surface area contributed by atoms with Crippen molar-refractivity contribution in [2.75, 3.05) is 4.90 Å². The summed E-state index contributed by atoms with van der Waals surface area (Å²) >= 11 is 3.52. The standard InChI is InChI=1S/C20H18BrFN4O/c1-11-18-24-25-19(27)20(2,3)26(18)16-8-7-13(21)10-15(16)17(23-11)12-5-4-6-14(22)9-12/h4-11H,1-3H3,(H,25,27). The second kappa shape index (κ2) is 6.27. The van der Waals surface area contributed by atoms with Gasteiger partial charge < -0.3 is 4.90 Å². The Bertz CT molecular complexity index is 1010. The van der Waals surface area contributed by atoms with E-state index in [-0.39, 0.29) is 17.8 Å². The van der Waals surface area contributed by atoms with E-state index in [0.29, 0.717) is 17.1 Å². The molecule has 27 heavy (non-hydrogen) atoms. The van der Waals surface area contributed by atoms with Crippen LogP contribution in [0.2, 0.25) is 0 Å². The molecule has 0 saturated heterocycles. The van der Waals surface area contributed by atoms with Crippen LogP contribution in [0.5, 0.6) is 0 Å². The van der Waals surface area contributed by atoms with Gasteiger partial charge in [0.2, 0.25) is 0 Å². The lowest BCUT2D eigenvalue weighted by atomic mass is 9.95. The van der Waals surface area contributed by atoms with E-state index in [4.69, 9.17) is 4.99 Å². The van der Waals surface area contributed by atoms with Crippen LogP contribution in [0.4, 0.5) is 10.1 Å². The van der Waals surface area contributed by atoms with Crippen molar-refractivity contribution in [3.8, 4) is 0 Å². The summed E-state index contributed by atoms with van der Waals surface area (Å²) in [5, 5.41) is 4.29. The number of aliphatic imine (C=N–C) groups is 1. The van der Waals surface area contributed by atoms with Crippen molar-refractivity contribution in [1.29, 1.82) is 0 Å². The van der Waals surface area contributed by atoms with Gasteiger partial charge in [0, 0.05) is 15.6 Å². The zero-order valence-corrected chi connectivity index (χ0v) is 16.7. The number of benzene rings is 2. The molecule has 0 bridgehead atoms. The minimum absolute atomic E-state index is 0.193. The highest BCUT2D eigenvalue weighted by Crippen LogP contribution is 2.36. The van der Waals surface area contributed by atoms with Gasteiger partial charge in [-0.2, -0.15) is 5.10 Å². The molecule has 4 rings (SSSR count). The number of amidine groups is 1. The predicted octanol–water partition coefficient (Wildman–Crippen LogP) is 3.86. The average Bonchev–Trinajstić information content (AvgIpc) is 2.74. The minimum atomic E-state index is -0.846. The largest absolute Gasteiger partial charge is 0.311 e. The number of halogens is 2. The molecule has 0 fully saturated rings. The summed E-state index contributed by atoms with van der Waals surface area (Å²) in [6.07, 6.45) is 0. The van der Waals surface area contributed by atoms with Crippen molar-refractivity contribution in [3.63, 3.8) is 0 Å². The number of nitrogens with zero attached hydrogens (tertiary/aromatic N) is 3. The van der Waals surface area contributed by atoms with Gasteiger partial charge >= 0.3 is 0 Å². The van der Waals surface area contributed by atoms with Crippen LogP contribution in [0.15, 0.2) is 57.0 Å². The van der Waals surface area contributed by atoms with E-state index in [1.165, 1.54) is 12.1 Å². The van der Waals surface area contributed by atoms with E-state index in [1.807, 2.05) is 49.9 Å². The van der Waals surface area contributed by atoms with Crippen LogP contribution in [0.3, 0.4) is 0 Å². The molecule has 1 unspecified atom stereocenters. The van der Waals surface area contributed by atoms with Crippen molar-refractivity contribution in [3.05, 3.63) is 63.9 Å². The van der Waals surface area contributed by atoms with Gasteiger partial charge in [-0.25, -0.2) is 9.82 Å². The molecule has 0 spiro atoms. The first-order chi connectivity index (χ1) is 12.8. The summed E-state index contributed by atoms with van der Waals surface area (Å²) in [5.74, 6) is 0.131. The average molecular weight is 429 g/mol. The van der Waals surface area contributed by atoms with Crippen LogP contribution in [0, 0.1) is 5.82 Å². The first-order valence-electron chi connectivity index (χ1n) is 8.61. The zero-order valence-electron chi connectivity index (χ0n) is 15.1. The molecular weight excluding hydrogens is 411 g/mol. The molecule has 7 heteroatoms. The second-order valence-electron chi connectivity index (χ2n) is 7.13. The smallest absolute Gasteiger partial charge is 0.265 e. The third-order valence-electron chi connectivity index (χ3n) is 4.86. The summed E-state index contributed by atoms with van der Waals surface area (Å²) in [5.41, 5.74) is 4.73. The molecule has 1 N–H and O–H groups in total. The van der Waals surface area contributed by atoms with E-state index in [9.17, 15) is 9.18 Å². The Morgan fingerprint density at radius 1 is 1.22 bits per heavy atom. The van der Waals surface area contributed by atoms with Crippen molar-refractivity contribution in [2.24, 2.45) is 10.1 Å². The van der Waals surface area contributed by atoms with Crippen LogP contribution in [0.25, 0.3) is 0 Å². The first kappa shape index (κ1) is 17.9. The Labute approximate surface area is 165 Å². The Hall–Kier alpha value is -2.54. The fraction of sp³-hybridized carbons (Fsp3) is 0.250. The fourth-order valence-electron chi connectivity index (χ4n) is 3.47. The number of fused-ring (bicyclic) bond motifs is 3. The summed E-state index contributed by atoms with van der Waals surface area (Å²) in [6.45, 7) is 5.62. The third-order valence-corrected chi connectivity index (χ3v) is 5.36. The fourth-order valence-corrected chi connectivity index (χ4v) is 3.83. The van der Waals surface area contributed by atoms with Crippen molar-refractivity contribution < 1.29 is 9.18 Å². The van der Waals surface area contributed by atoms with Crippen LogP contribution in [0.1, 0.15) is 31.9 Å². The molecule has 5 nitrogen and oxygen atoms in total. The van der Waals surface area contributed by atoms with E-state index < -0.39 is 5.54 Å². The summed E-state index contributed by atoms with van der Waals surface area (Å²) in [4.78, 5) is 19.3. The number of nitrogens with one attached hydrogen (secondary N) is 1. The molecule has 2 aromatic rings. The number of rotatable bonds is 1. The van der Waals surface area contributed by atoms with Crippen LogP contribution in [-0.2, 0) is 4.79 Å². The summed E-state index contributed by atoms with van der Waals surface area (Å²) in [7, 11) is 0. The lowest BCUT2D eigenvalue weighted by Crippen LogP contribution is -2.62. The van der Waals surface area contributed by atoms with Gasteiger partial charge in [-0.1, -0.05) is 28.1 Å². The Balaban J connectivity index is 2.02. The number of hydrogen-bond acceptors (Lipinski definition) is 4. The minimum Gasteiger partial charge on any atom is -0.311 e. The molecule has 0 saturated carbocycles. The SMILES string of the molecule is CC1N=C(c2cccc(F)c2)c2cc(Br)ccc2N2C1=NNC(=O)C2(C)C. The number of carbonyl (C=O) groups is 1. The van der Waals surface area contributed by atoms with Gasteiger partial charge in [-0.05, 0) is 51.1 Å². The third kappa shape index (κ3) is 2.86. The summed E-state index contributed by atoms with van der Waals surface area (Å²) in [6, 6.07) is 11.8. The van der Waals surface area contributed by atoms with Crippen LogP contribution in [-0.4, -0.2) is 29.0 Å². The van der Waals surface area contributed by atoms with Gasteiger partial charge in [-0.3, -0.25) is 9.79 Å². The topological polar surface area (TPSA) is 57.1 Å². The number of hydrazone groups is 1. The lowest BCUT2D eigenvalue weighted by Gasteiger charge is -2.42. The van der Waals surface area contributed by atoms with E-state index >= 15 is 0 Å². The van der Waals surface area contributed by atoms with Crippen LogP contribution < -0.4 is 10.3 Å². The molecule has 0 radical (unpaired) electrons. The highest BCUT2D eigenvalue weighted by molar-refractivity contribution is 9.10. The molecule has 0 aromatic heterocycles. The maximum Gasteiger partial charge on any atom is 0.265 e. The lowest BCUT2D eigenvalue weighted by molar-refractivity contribution is -0.125.